The molecule has 1 aromatic carbocycles. The summed E-state index contributed by atoms with van der Waals surface area (Å²) in [6.45, 7) is 0.178. The van der Waals surface area contributed by atoms with Gasteiger partial charge in [-0.15, -0.1) is 0 Å². The Bertz CT molecular complexity index is 505. The Hall–Kier alpha value is -1.94. The Morgan fingerprint density at radius 1 is 1.26 bits per heavy atom. The topological polar surface area (TPSA) is 69.9 Å². The van der Waals surface area contributed by atoms with Crippen LogP contribution in [0.4, 0.5) is 0 Å². The minimum atomic E-state index is -0.0979. The van der Waals surface area contributed by atoms with Gasteiger partial charge in [-0.05, 0) is 11.5 Å². The quantitative estimate of drug-likeness (QED) is 0.813. The first-order valence-corrected chi connectivity index (χ1v) is 6.33. The molecule has 0 amide bonds. The normalized spacial score (nSPS) is 20.3. The molecule has 0 bridgehead atoms. The molecule has 100 valence electrons. The summed E-state index contributed by atoms with van der Waals surface area (Å²) in [7, 11) is 0. The molecule has 0 aliphatic heterocycles. The number of benzene rings is 1. The van der Waals surface area contributed by atoms with Crippen LogP contribution in [0.15, 0.2) is 46.7 Å². The van der Waals surface area contributed by atoms with E-state index >= 15 is 0 Å². The van der Waals surface area contributed by atoms with Gasteiger partial charge in [-0.25, -0.2) is 0 Å². The Balaban J connectivity index is 2.16. The predicted octanol–water partition coefficient (Wildman–Crippen LogP) is 2.01. The summed E-state index contributed by atoms with van der Waals surface area (Å²) >= 11 is 0. The first-order chi connectivity index (χ1) is 9.22. The lowest BCUT2D eigenvalue weighted by molar-refractivity contribution is -0.116. The van der Waals surface area contributed by atoms with E-state index in [1.54, 1.807) is 0 Å². The van der Waals surface area contributed by atoms with E-state index in [1.807, 2.05) is 30.3 Å². The number of hydrogen-bond donors (Lipinski definition) is 2. The van der Waals surface area contributed by atoms with Crippen molar-refractivity contribution in [2.45, 2.75) is 18.8 Å². The van der Waals surface area contributed by atoms with Crippen molar-refractivity contribution < 1.29 is 15.0 Å². The molecule has 0 heterocycles. The standard InChI is InChI=1S/C15H17NO3/c17-7-6-16-10-13-14(18)8-12(9-15(13)19)11-4-2-1-3-5-11/h1-5,10,12,17-18H,6-9H2/t12-/m1/s1. The maximum Gasteiger partial charge on any atom is 0.168 e. The van der Waals surface area contributed by atoms with Crippen LogP contribution in [0.5, 0.6) is 0 Å². The summed E-state index contributed by atoms with van der Waals surface area (Å²) < 4.78 is 0. The third kappa shape index (κ3) is 3.29. The summed E-state index contributed by atoms with van der Waals surface area (Å²) in [6, 6.07) is 9.72. The fraction of sp³-hybridized carbons (Fsp3) is 0.333. The van der Waals surface area contributed by atoms with Crippen molar-refractivity contribution in [3.63, 3.8) is 0 Å². The smallest absolute Gasteiger partial charge is 0.168 e. The highest BCUT2D eigenvalue weighted by molar-refractivity contribution is 6.14. The van der Waals surface area contributed by atoms with E-state index in [9.17, 15) is 9.90 Å². The second-order valence-electron chi connectivity index (χ2n) is 4.56. The number of carbonyl (C=O) groups is 1. The van der Waals surface area contributed by atoms with Gasteiger partial charge < -0.3 is 10.2 Å². The maximum absolute atomic E-state index is 12.0. The average molecular weight is 259 g/mol. The zero-order valence-electron chi connectivity index (χ0n) is 10.6. The Labute approximate surface area is 112 Å². The molecule has 0 spiro atoms. The van der Waals surface area contributed by atoms with Gasteiger partial charge in [0.25, 0.3) is 0 Å². The van der Waals surface area contributed by atoms with Crippen LogP contribution < -0.4 is 0 Å². The molecule has 0 saturated carbocycles. The second-order valence-corrected chi connectivity index (χ2v) is 4.56. The minimum Gasteiger partial charge on any atom is -0.511 e. The van der Waals surface area contributed by atoms with Gasteiger partial charge in [-0.1, -0.05) is 30.3 Å². The molecule has 0 unspecified atom stereocenters. The van der Waals surface area contributed by atoms with Crippen LogP contribution in [0, 0.1) is 0 Å². The van der Waals surface area contributed by atoms with Crippen molar-refractivity contribution in [1.29, 1.82) is 0 Å². The van der Waals surface area contributed by atoms with Gasteiger partial charge in [0.05, 0.1) is 18.7 Å². The zero-order chi connectivity index (χ0) is 13.7. The van der Waals surface area contributed by atoms with Crippen LogP contribution in [0.3, 0.4) is 0 Å². The Morgan fingerprint density at radius 3 is 2.63 bits per heavy atom. The Kier molecular flexibility index (Phi) is 4.47. The summed E-state index contributed by atoms with van der Waals surface area (Å²) in [5.74, 6) is 0.0229. The number of aliphatic hydroxyl groups excluding tert-OH is 2. The van der Waals surface area contributed by atoms with Crippen LogP contribution in [-0.2, 0) is 4.79 Å². The second kappa shape index (κ2) is 6.29. The van der Waals surface area contributed by atoms with Crippen LogP contribution in [-0.4, -0.2) is 35.4 Å². The van der Waals surface area contributed by atoms with Crippen LogP contribution in [0.25, 0.3) is 0 Å². The third-order valence-electron chi connectivity index (χ3n) is 3.20. The van der Waals surface area contributed by atoms with E-state index in [0.29, 0.717) is 12.8 Å². The van der Waals surface area contributed by atoms with Gasteiger partial charge in [0, 0.05) is 19.1 Å². The van der Waals surface area contributed by atoms with Crippen molar-refractivity contribution in [1.82, 2.24) is 0 Å². The molecular formula is C15H17NO3. The molecule has 2 N–H and O–H groups in total. The summed E-state index contributed by atoms with van der Waals surface area (Å²) in [6.07, 6.45) is 2.21. The number of ketones is 1. The van der Waals surface area contributed by atoms with Crippen molar-refractivity contribution in [3.05, 3.63) is 47.2 Å². The number of nitrogens with zero attached hydrogens (tertiary/aromatic N) is 1. The predicted molar refractivity (Wildman–Crippen MR) is 73.5 cm³/mol. The van der Waals surface area contributed by atoms with Crippen molar-refractivity contribution >= 4 is 12.0 Å². The fourth-order valence-electron chi connectivity index (χ4n) is 2.23. The lowest BCUT2D eigenvalue weighted by Crippen LogP contribution is -2.19. The van der Waals surface area contributed by atoms with Gasteiger partial charge in [-0.2, -0.15) is 0 Å². The lowest BCUT2D eigenvalue weighted by atomic mass is 9.83. The molecule has 1 aliphatic rings. The third-order valence-corrected chi connectivity index (χ3v) is 3.20. The molecule has 0 fully saturated rings. The van der Waals surface area contributed by atoms with E-state index in [2.05, 4.69) is 4.99 Å². The molecule has 0 aromatic heterocycles. The first-order valence-electron chi connectivity index (χ1n) is 6.33. The maximum atomic E-state index is 12.0. The number of carbonyl (C=O) groups excluding carboxylic acids is 1. The van der Waals surface area contributed by atoms with Crippen molar-refractivity contribution in [2.24, 2.45) is 4.99 Å². The molecule has 2 rings (SSSR count). The van der Waals surface area contributed by atoms with E-state index in [1.165, 1.54) is 6.21 Å². The van der Waals surface area contributed by atoms with Crippen LogP contribution >= 0.6 is 0 Å². The van der Waals surface area contributed by atoms with Crippen molar-refractivity contribution in [2.75, 3.05) is 13.2 Å². The van der Waals surface area contributed by atoms with Crippen LogP contribution in [0.2, 0.25) is 0 Å². The highest BCUT2D eigenvalue weighted by Gasteiger charge is 2.27. The molecule has 4 nitrogen and oxygen atoms in total. The largest absolute Gasteiger partial charge is 0.511 e. The number of aliphatic imine (C=N–C) groups is 1. The monoisotopic (exact) mass is 259 g/mol. The van der Waals surface area contributed by atoms with E-state index in [-0.39, 0.29) is 36.2 Å². The molecule has 1 atom stereocenters. The van der Waals surface area contributed by atoms with E-state index < -0.39 is 0 Å². The fourth-order valence-corrected chi connectivity index (χ4v) is 2.23. The first kappa shape index (κ1) is 13.5. The molecule has 0 saturated heterocycles. The average Bonchev–Trinajstić information content (AvgIpc) is 2.43. The number of allylic oxidation sites excluding steroid dienone is 2. The number of hydrogen-bond acceptors (Lipinski definition) is 4. The van der Waals surface area contributed by atoms with E-state index in [4.69, 9.17) is 5.11 Å². The molecule has 0 radical (unpaired) electrons. The van der Waals surface area contributed by atoms with Gasteiger partial charge in [0.2, 0.25) is 0 Å². The molecule has 1 aromatic rings. The van der Waals surface area contributed by atoms with Gasteiger partial charge in [-0.3, -0.25) is 9.79 Å². The lowest BCUT2D eigenvalue weighted by Gasteiger charge is -2.22. The SMILES string of the molecule is O=C1C[C@H](c2ccccc2)CC(O)=C1C=NCCO. The summed E-state index contributed by atoms with van der Waals surface area (Å²) in [5.41, 5.74) is 1.34. The van der Waals surface area contributed by atoms with Gasteiger partial charge >= 0.3 is 0 Å². The number of rotatable bonds is 4. The molecular weight excluding hydrogens is 242 g/mol. The molecule has 19 heavy (non-hydrogen) atoms. The van der Waals surface area contributed by atoms with Gasteiger partial charge in [0.15, 0.2) is 5.78 Å². The van der Waals surface area contributed by atoms with Crippen molar-refractivity contribution in [3.8, 4) is 0 Å². The highest BCUT2D eigenvalue weighted by atomic mass is 16.3. The Morgan fingerprint density at radius 2 is 2.00 bits per heavy atom. The van der Waals surface area contributed by atoms with Gasteiger partial charge in [0.1, 0.15) is 5.76 Å². The molecule has 4 heteroatoms. The minimum absolute atomic E-state index is 0.0312. The number of Topliss-reactive ketones (excluding diaryl/α,β-unsaturated/α-hetero) is 1. The summed E-state index contributed by atoms with van der Waals surface area (Å²) in [5, 5.41) is 18.6. The number of aliphatic hydroxyl groups is 2. The van der Waals surface area contributed by atoms with Crippen LogP contribution in [0.1, 0.15) is 24.3 Å². The zero-order valence-corrected chi connectivity index (χ0v) is 10.6. The summed E-state index contributed by atoms with van der Waals surface area (Å²) in [4.78, 5) is 15.9. The highest BCUT2D eigenvalue weighted by Crippen LogP contribution is 2.32. The van der Waals surface area contributed by atoms with E-state index in [0.717, 1.165) is 5.56 Å². The molecule has 1 aliphatic carbocycles.